The van der Waals surface area contributed by atoms with Gasteiger partial charge in [0, 0.05) is 23.3 Å². The summed E-state index contributed by atoms with van der Waals surface area (Å²) < 4.78 is 11.4. The summed E-state index contributed by atoms with van der Waals surface area (Å²) in [4.78, 5) is 13.7. The van der Waals surface area contributed by atoms with Gasteiger partial charge in [-0.3, -0.25) is 4.79 Å². The third-order valence-electron chi connectivity index (χ3n) is 6.59. The largest absolute Gasteiger partial charge is 0.497 e. The van der Waals surface area contributed by atoms with E-state index in [9.17, 15) is 4.79 Å². The number of nitrogens with one attached hydrogen (secondary N) is 2. The van der Waals surface area contributed by atoms with Crippen molar-refractivity contribution >= 4 is 17.2 Å². The van der Waals surface area contributed by atoms with E-state index in [1.807, 2.05) is 42.5 Å². The normalized spacial score (nSPS) is 19.3. The summed E-state index contributed by atoms with van der Waals surface area (Å²) in [7, 11) is 1.67. The van der Waals surface area contributed by atoms with Crippen LogP contribution >= 0.6 is 0 Å². The van der Waals surface area contributed by atoms with Crippen LogP contribution in [-0.4, -0.2) is 19.5 Å². The molecule has 5 rings (SSSR count). The van der Waals surface area contributed by atoms with Gasteiger partial charge in [-0.05, 0) is 54.7 Å². The molecule has 2 atom stereocenters. The third kappa shape index (κ3) is 4.26. The number of carbonyl (C=O) groups excluding carboxylic acids is 1. The highest BCUT2D eigenvalue weighted by molar-refractivity contribution is 6.01. The van der Waals surface area contributed by atoms with Gasteiger partial charge in [-0.25, -0.2) is 0 Å². The van der Waals surface area contributed by atoms with Crippen LogP contribution in [0.5, 0.6) is 11.5 Å². The fraction of sp³-hybridized carbons (Fsp3) is 0.276. The molecule has 0 unspecified atom stereocenters. The molecule has 0 saturated heterocycles. The van der Waals surface area contributed by atoms with E-state index < -0.39 is 0 Å². The van der Waals surface area contributed by atoms with Crippen LogP contribution in [0.4, 0.5) is 11.4 Å². The average Bonchev–Trinajstić information content (AvgIpc) is 3.04. The molecule has 0 spiro atoms. The van der Waals surface area contributed by atoms with Gasteiger partial charge in [-0.15, -0.1) is 0 Å². The Morgan fingerprint density at radius 2 is 1.65 bits per heavy atom. The van der Waals surface area contributed by atoms with Crippen LogP contribution in [0.2, 0.25) is 0 Å². The number of hydrogen-bond acceptors (Lipinski definition) is 5. The van der Waals surface area contributed by atoms with Crippen molar-refractivity contribution in [3.63, 3.8) is 0 Å². The Balaban J connectivity index is 1.58. The number of carbonyl (C=O) groups is 1. The summed E-state index contributed by atoms with van der Waals surface area (Å²) in [5, 5.41) is 7.26. The maximum absolute atomic E-state index is 13.7. The Hall–Kier alpha value is -3.73. The number of ether oxygens (including phenoxy) is 2. The second-order valence-electron chi connectivity index (χ2n) is 8.83. The molecule has 1 aliphatic carbocycles. The second kappa shape index (κ2) is 9.64. The summed E-state index contributed by atoms with van der Waals surface area (Å²) >= 11 is 0. The zero-order valence-corrected chi connectivity index (χ0v) is 19.6. The van der Waals surface area contributed by atoms with Gasteiger partial charge >= 0.3 is 0 Å². The Morgan fingerprint density at radius 3 is 2.41 bits per heavy atom. The van der Waals surface area contributed by atoms with Crippen molar-refractivity contribution in [2.45, 2.75) is 38.1 Å². The summed E-state index contributed by atoms with van der Waals surface area (Å²) in [6, 6.07) is 23.9. The molecule has 3 aromatic carbocycles. The number of benzene rings is 3. The van der Waals surface area contributed by atoms with Gasteiger partial charge in [0.25, 0.3) is 0 Å². The van der Waals surface area contributed by atoms with Gasteiger partial charge in [-0.2, -0.15) is 0 Å². The number of allylic oxidation sites excluding steroid dienone is 1. The first kappa shape index (κ1) is 22.1. The smallest absolute Gasteiger partial charge is 0.163 e. The number of fused-ring (bicyclic) bond motifs is 1. The number of Topliss-reactive ketones (excluding diaryl/α,β-unsaturated/α-hetero) is 1. The standard InChI is InChI=1S/C29H30N2O3/c1-3-16-34-27-11-7-4-8-22(27)29-28-25(30-23-9-5-6-10-24(23)31-29)17-20(18-26(28)32)19-12-14-21(33-2)15-13-19/h4-15,20,29-31H,3,16-18H2,1-2H3/t20-,29+/m1/s1. The zero-order valence-electron chi connectivity index (χ0n) is 19.6. The number of rotatable bonds is 6. The van der Waals surface area contributed by atoms with Crippen LogP contribution in [-0.2, 0) is 4.79 Å². The van der Waals surface area contributed by atoms with Gasteiger partial charge in [0.2, 0.25) is 0 Å². The molecule has 0 fully saturated rings. The van der Waals surface area contributed by atoms with Crippen molar-refractivity contribution in [2.75, 3.05) is 24.4 Å². The first-order valence-corrected chi connectivity index (χ1v) is 11.9. The Morgan fingerprint density at radius 1 is 0.912 bits per heavy atom. The van der Waals surface area contributed by atoms with E-state index in [2.05, 4.69) is 47.9 Å². The van der Waals surface area contributed by atoms with Crippen LogP contribution in [0.3, 0.4) is 0 Å². The Bertz CT molecular complexity index is 1220. The molecule has 34 heavy (non-hydrogen) atoms. The fourth-order valence-corrected chi connectivity index (χ4v) is 4.90. The van der Waals surface area contributed by atoms with E-state index in [1.165, 1.54) is 0 Å². The Kier molecular flexibility index (Phi) is 6.26. The first-order valence-electron chi connectivity index (χ1n) is 11.9. The number of methoxy groups -OCH3 is 1. The van der Waals surface area contributed by atoms with Gasteiger partial charge < -0.3 is 20.1 Å². The van der Waals surface area contributed by atoms with Crippen molar-refractivity contribution in [1.29, 1.82) is 0 Å². The molecule has 2 N–H and O–H groups in total. The lowest BCUT2D eigenvalue weighted by molar-refractivity contribution is -0.116. The molecule has 5 nitrogen and oxygen atoms in total. The number of anilines is 2. The van der Waals surface area contributed by atoms with Crippen molar-refractivity contribution < 1.29 is 14.3 Å². The van der Waals surface area contributed by atoms with Crippen LogP contribution in [0.25, 0.3) is 0 Å². The molecule has 1 heterocycles. The molecule has 5 heteroatoms. The van der Waals surface area contributed by atoms with Crippen LogP contribution in [0.15, 0.2) is 84.1 Å². The highest BCUT2D eigenvalue weighted by atomic mass is 16.5. The van der Waals surface area contributed by atoms with Crippen LogP contribution in [0, 0.1) is 0 Å². The lowest BCUT2D eigenvalue weighted by atomic mass is 9.78. The van der Waals surface area contributed by atoms with Gasteiger partial charge in [0.15, 0.2) is 5.78 Å². The molecule has 0 saturated carbocycles. The average molecular weight is 455 g/mol. The minimum absolute atomic E-state index is 0.113. The maximum Gasteiger partial charge on any atom is 0.163 e. The van der Waals surface area contributed by atoms with Gasteiger partial charge in [0.05, 0.1) is 31.1 Å². The SMILES string of the molecule is CCCOc1ccccc1[C@@H]1Nc2ccccc2NC2=C1C(=O)C[C@H](c1ccc(OC)cc1)C2. The molecular formula is C29H30N2O3. The van der Waals surface area contributed by atoms with Crippen molar-refractivity contribution in [3.8, 4) is 11.5 Å². The summed E-state index contributed by atoms with van der Waals surface area (Å²) in [6.07, 6.45) is 2.16. The van der Waals surface area contributed by atoms with Crippen LogP contribution in [0.1, 0.15) is 49.3 Å². The number of para-hydroxylation sites is 3. The quantitative estimate of drug-likeness (QED) is 0.447. The molecule has 174 valence electrons. The first-order chi connectivity index (χ1) is 16.7. The van der Waals surface area contributed by atoms with Crippen molar-refractivity contribution in [3.05, 3.63) is 95.2 Å². The molecule has 0 bridgehead atoms. The van der Waals surface area contributed by atoms with Crippen molar-refractivity contribution in [2.24, 2.45) is 0 Å². The molecule has 0 amide bonds. The molecule has 3 aromatic rings. The topological polar surface area (TPSA) is 59.6 Å². The second-order valence-corrected chi connectivity index (χ2v) is 8.83. The molecule has 1 aliphatic heterocycles. The maximum atomic E-state index is 13.7. The molecule has 0 aromatic heterocycles. The van der Waals surface area contributed by atoms with Crippen molar-refractivity contribution in [1.82, 2.24) is 0 Å². The molecule has 0 radical (unpaired) electrons. The monoisotopic (exact) mass is 454 g/mol. The fourth-order valence-electron chi connectivity index (χ4n) is 4.90. The minimum atomic E-state index is -0.288. The van der Waals surface area contributed by atoms with E-state index in [1.54, 1.807) is 7.11 Å². The van der Waals surface area contributed by atoms with Gasteiger partial charge in [-0.1, -0.05) is 49.4 Å². The summed E-state index contributed by atoms with van der Waals surface area (Å²) in [5.74, 6) is 1.91. The number of hydrogen-bond donors (Lipinski definition) is 2. The minimum Gasteiger partial charge on any atom is -0.497 e. The summed E-state index contributed by atoms with van der Waals surface area (Å²) in [6.45, 7) is 2.73. The molecular weight excluding hydrogens is 424 g/mol. The zero-order chi connectivity index (χ0) is 23.5. The lowest BCUT2D eigenvalue weighted by Gasteiger charge is -2.30. The third-order valence-corrected chi connectivity index (χ3v) is 6.59. The van der Waals surface area contributed by atoms with E-state index in [0.29, 0.717) is 13.0 Å². The highest BCUT2D eigenvalue weighted by Gasteiger charge is 2.37. The van der Waals surface area contributed by atoms with E-state index >= 15 is 0 Å². The van der Waals surface area contributed by atoms with Gasteiger partial charge in [0.1, 0.15) is 11.5 Å². The van der Waals surface area contributed by atoms with Crippen LogP contribution < -0.4 is 20.1 Å². The molecule has 2 aliphatic rings. The predicted molar refractivity (Wildman–Crippen MR) is 136 cm³/mol. The number of ketones is 1. The summed E-state index contributed by atoms with van der Waals surface area (Å²) in [5.41, 5.74) is 5.86. The van der Waals surface area contributed by atoms with E-state index in [-0.39, 0.29) is 17.7 Å². The lowest BCUT2D eigenvalue weighted by Crippen LogP contribution is -2.27. The highest BCUT2D eigenvalue weighted by Crippen LogP contribution is 2.45. The van der Waals surface area contributed by atoms with E-state index in [0.717, 1.165) is 58.1 Å². The predicted octanol–water partition coefficient (Wildman–Crippen LogP) is 6.46. The Labute approximate surface area is 200 Å². The van der Waals surface area contributed by atoms with E-state index in [4.69, 9.17) is 9.47 Å².